The smallest absolute Gasteiger partial charge is 0.274 e. The Morgan fingerprint density at radius 2 is 1.77 bits per heavy atom. The van der Waals surface area contributed by atoms with Crippen LogP contribution in [-0.2, 0) is 0 Å². The molecule has 3 rings (SSSR count). The molecule has 1 amide bonds. The zero-order chi connectivity index (χ0) is 18.5. The Labute approximate surface area is 151 Å². The van der Waals surface area contributed by atoms with Gasteiger partial charge in [-0.15, -0.1) is 0 Å². The molecule has 3 aromatic rings. The van der Waals surface area contributed by atoms with Gasteiger partial charge in [-0.05, 0) is 44.2 Å². The van der Waals surface area contributed by atoms with Crippen LogP contribution in [0.25, 0.3) is 0 Å². The molecule has 0 saturated heterocycles. The minimum atomic E-state index is -0.323. The first-order valence-electron chi connectivity index (χ1n) is 8.05. The second kappa shape index (κ2) is 7.45. The molecule has 6 nitrogen and oxygen atoms in total. The minimum Gasteiger partial charge on any atom is -0.323 e. The highest BCUT2D eigenvalue weighted by molar-refractivity contribution is 6.03. The number of rotatable bonds is 4. The summed E-state index contributed by atoms with van der Waals surface area (Å²) in [5, 5.41) is 15.0. The number of anilines is 3. The Morgan fingerprint density at radius 1 is 1.04 bits per heavy atom. The molecule has 0 radical (unpaired) electrons. The maximum atomic E-state index is 12.5. The van der Waals surface area contributed by atoms with Crippen molar-refractivity contribution in [2.24, 2.45) is 0 Å². The predicted octanol–water partition coefficient (Wildman–Crippen LogP) is 3.96. The number of carbonyl (C=O) groups is 1. The van der Waals surface area contributed by atoms with Crippen LogP contribution < -0.4 is 10.6 Å². The first-order valence-corrected chi connectivity index (χ1v) is 8.05. The van der Waals surface area contributed by atoms with Crippen LogP contribution in [0.3, 0.4) is 0 Å². The van der Waals surface area contributed by atoms with E-state index in [1.54, 1.807) is 31.2 Å². The lowest BCUT2D eigenvalue weighted by atomic mass is 10.2. The molecule has 0 unspecified atom stereocenters. The van der Waals surface area contributed by atoms with E-state index >= 15 is 0 Å². The van der Waals surface area contributed by atoms with Gasteiger partial charge < -0.3 is 10.6 Å². The number of nitriles is 1. The normalized spacial score (nSPS) is 10.0. The minimum absolute atomic E-state index is 0.245. The van der Waals surface area contributed by atoms with Gasteiger partial charge in [0, 0.05) is 11.4 Å². The second-order valence-corrected chi connectivity index (χ2v) is 5.82. The first kappa shape index (κ1) is 17.1. The standard InChI is InChI=1S/C20H17N5O/c1-13-7-9-16(10-8-13)23-19(26)18-11-14(2)22-20(25-18)24-17-6-4-3-5-15(17)12-21/h3-11H,1-2H3,(H,23,26)(H,22,24,25). The molecule has 2 N–H and O–H groups in total. The summed E-state index contributed by atoms with van der Waals surface area (Å²) in [5.41, 5.74) is 3.76. The van der Waals surface area contributed by atoms with Crippen molar-refractivity contribution in [3.05, 3.63) is 77.1 Å². The lowest BCUT2D eigenvalue weighted by molar-refractivity contribution is 0.102. The highest BCUT2D eigenvalue weighted by Crippen LogP contribution is 2.18. The Balaban J connectivity index is 1.84. The number of carbonyl (C=O) groups excluding carboxylic acids is 1. The lowest BCUT2D eigenvalue weighted by Gasteiger charge is -2.10. The average Bonchev–Trinajstić information content (AvgIpc) is 2.63. The van der Waals surface area contributed by atoms with Crippen LogP contribution in [0.4, 0.5) is 17.3 Å². The number of benzene rings is 2. The van der Waals surface area contributed by atoms with Crippen molar-refractivity contribution < 1.29 is 4.79 Å². The Bertz CT molecular complexity index is 990. The van der Waals surface area contributed by atoms with Gasteiger partial charge in [0.2, 0.25) is 5.95 Å². The summed E-state index contributed by atoms with van der Waals surface area (Å²) in [6.07, 6.45) is 0. The third-order valence-corrected chi connectivity index (χ3v) is 3.69. The molecule has 0 atom stereocenters. The van der Waals surface area contributed by atoms with E-state index in [9.17, 15) is 10.1 Å². The zero-order valence-electron chi connectivity index (χ0n) is 14.4. The van der Waals surface area contributed by atoms with Crippen molar-refractivity contribution in [1.82, 2.24) is 9.97 Å². The highest BCUT2D eigenvalue weighted by atomic mass is 16.1. The van der Waals surface area contributed by atoms with Crippen molar-refractivity contribution >= 4 is 23.2 Å². The van der Waals surface area contributed by atoms with Gasteiger partial charge in [0.25, 0.3) is 5.91 Å². The largest absolute Gasteiger partial charge is 0.323 e. The number of amides is 1. The summed E-state index contributed by atoms with van der Waals surface area (Å²) in [6.45, 7) is 3.77. The van der Waals surface area contributed by atoms with Crippen molar-refractivity contribution in [3.63, 3.8) is 0 Å². The van der Waals surface area contributed by atoms with E-state index in [0.29, 0.717) is 22.6 Å². The van der Waals surface area contributed by atoms with Gasteiger partial charge in [0.15, 0.2) is 0 Å². The predicted molar refractivity (Wildman–Crippen MR) is 100 cm³/mol. The molecule has 2 aromatic carbocycles. The Kier molecular flexibility index (Phi) is 4.90. The molecule has 1 aromatic heterocycles. The quantitative estimate of drug-likeness (QED) is 0.748. The van der Waals surface area contributed by atoms with Gasteiger partial charge in [0.05, 0.1) is 11.3 Å². The molecule has 0 spiro atoms. The summed E-state index contributed by atoms with van der Waals surface area (Å²) in [6, 6.07) is 18.3. The van der Waals surface area contributed by atoms with Crippen molar-refractivity contribution in [3.8, 4) is 6.07 Å². The molecule has 0 aliphatic rings. The lowest BCUT2D eigenvalue weighted by Crippen LogP contribution is -2.15. The van der Waals surface area contributed by atoms with Crippen LogP contribution >= 0.6 is 0 Å². The first-order chi connectivity index (χ1) is 12.5. The molecular weight excluding hydrogens is 326 g/mol. The summed E-state index contributed by atoms with van der Waals surface area (Å²) in [4.78, 5) is 21.1. The van der Waals surface area contributed by atoms with Gasteiger partial charge in [-0.2, -0.15) is 5.26 Å². The van der Waals surface area contributed by atoms with Crippen molar-refractivity contribution in [1.29, 1.82) is 5.26 Å². The van der Waals surface area contributed by atoms with Gasteiger partial charge in [-0.1, -0.05) is 29.8 Å². The summed E-state index contributed by atoms with van der Waals surface area (Å²) < 4.78 is 0. The van der Waals surface area contributed by atoms with Gasteiger partial charge >= 0.3 is 0 Å². The fourth-order valence-corrected chi connectivity index (χ4v) is 2.38. The Hall–Kier alpha value is -3.72. The third-order valence-electron chi connectivity index (χ3n) is 3.69. The van der Waals surface area contributed by atoms with E-state index in [2.05, 4.69) is 26.7 Å². The SMILES string of the molecule is Cc1ccc(NC(=O)c2cc(C)nc(Nc3ccccc3C#N)n2)cc1. The molecule has 0 bridgehead atoms. The molecule has 0 aliphatic heterocycles. The highest BCUT2D eigenvalue weighted by Gasteiger charge is 2.12. The fraction of sp³-hybridized carbons (Fsp3) is 0.100. The molecule has 128 valence electrons. The monoisotopic (exact) mass is 343 g/mol. The van der Waals surface area contributed by atoms with Crippen LogP contribution in [0.5, 0.6) is 0 Å². The molecule has 26 heavy (non-hydrogen) atoms. The Morgan fingerprint density at radius 3 is 2.50 bits per heavy atom. The third kappa shape index (κ3) is 4.02. The van der Waals surface area contributed by atoms with E-state index < -0.39 is 0 Å². The van der Waals surface area contributed by atoms with Crippen molar-refractivity contribution in [2.45, 2.75) is 13.8 Å². The molecular formula is C20H17N5O. The van der Waals surface area contributed by atoms with Crippen LogP contribution in [-0.4, -0.2) is 15.9 Å². The van der Waals surface area contributed by atoms with Crippen molar-refractivity contribution in [2.75, 3.05) is 10.6 Å². The van der Waals surface area contributed by atoms with Gasteiger partial charge in [-0.3, -0.25) is 4.79 Å². The summed E-state index contributed by atoms with van der Waals surface area (Å²) in [7, 11) is 0. The number of hydrogen-bond acceptors (Lipinski definition) is 5. The van der Waals surface area contributed by atoms with Crippen LogP contribution in [0.2, 0.25) is 0 Å². The fourth-order valence-electron chi connectivity index (χ4n) is 2.38. The summed E-state index contributed by atoms with van der Waals surface area (Å²) in [5.74, 6) is -0.0577. The van der Waals surface area contributed by atoms with E-state index in [1.807, 2.05) is 37.3 Å². The van der Waals surface area contributed by atoms with Crippen LogP contribution in [0.1, 0.15) is 27.3 Å². The molecule has 0 aliphatic carbocycles. The number of nitrogens with one attached hydrogen (secondary N) is 2. The van der Waals surface area contributed by atoms with E-state index in [-0.39, 0.29) is 17.5 Å². The molecule has 0 saturated carbocycles. The average molecular weight is 343 g/mol. The van der Waals surface area contributed by atoms with E-state index in [4.69, 9.17) is 0 Å². The van der Waals surface area contributed by atoms with Gasteiger partial charge in [-0.25, -0.2) is 9.97 Å². The zero-order valence-corrected chi connectivity index (χ0v) is 14.4. The summed E-state index contributed by atoms with van der Waals surface area (Å²) >= 11 is 0. The molecule has 0 fully saturated rings. The maximum absolute atomic E-state index is 12.5. The number of aryl methyl sites for hydroxylation is 2. The number of hydrogen-bond donors (Lipinski definition) is 2. The maximum Gasteiger partial charge on any atom is 0.274 e. The van der Waals surface area contributed by atoms with E-state index in [1.165, 1.54) is 0 Å². The number of para-hydroxylation sites is 1. The number of nitrogens with zero attached hydrogens (tertiary/aromatic N) is 3. The topological polar surface area (TPSA) is 90.7 Å². The van der Waals surface area contributed by atoms with Gasteiger partial charge in [0.1, 0.15) is 11.8 Å². The molecule has 1 heterocycles. The van der Waals surface area contributed by atoms with E-state index in [0.717, 1.165) is 5.56 Å². The second-order valence-electron chi connectivity index (χ2n) is 5.82. The van der Waals surface area contributed by atoms with Crippen LogP contribution in [0, 0.1) is 25.2 Å². The molecule has 6 heteroatoms. The van der Waals surface area contributed by atoms with Crippen LogP contribution in [0.15, 0.2) is 54.6 Å². The number of aromatic nitrogens is 2.